The van der Waals surface area contributed by atoms with Gasteiger partial charge < -0.3 is 16.2 Å². The van der Waals surface area contributed by atoms with E-state index in [4.69, 9.17) is 10.8 Å². The Hall–Kier alpha value is -3.48. The molecule has 3 aromatic rings. The van der Waals surface area contributed by atoms with Crippen molar-refractivity contribution in [2.75, 3.05) is 11.1 Å². The fraction of sp³-hybridized carbons (Fsp3) is 0. The van der Waals surface area contributed by atoms with Crippen molar-refractivity contribution in [3.8, 4) is 11.4 Å². The summed E-state index contributed by atoms with van der Waals surface area (Å²) in [7, 11) is 0. The largest absolute Gasteiger partial charge is 0.478 e. The molecule has 0 fully saturated rings. The normalized spacial score (nSPS) is 10.4. The van der Waals surface area contributed by atoms with Gasteiger partial charge in [-0.1, -0.05) is 18.2 Å². The number of carbonyl (C=O) groups is 1. The van der Waals surface area contributed by atoms with Crippen molar-refractivity contribution in [2.45, 2.75) is 0 Å². The first-order valence-corrected chi connectivity index (χ1v) is 7.03. The van der Waals surface area contributed by atoms with Crippen molar-refractivity contribution in [1.82, 2.24) is 9.97 Å². The zero-order valence-electron chi connectivity index (χ0n) is 12.4. The summed E-state index contributed by atoms with van der Waals surface area (Å²) < 4.78 is 13.9. The van der Waals surface area contributed by atoms with Gasteiger partial charge in [0.15, 0.2) is 5.82 Å². The zero-order chi connectivity index (χ0) is 17.1. The Bertz CT molecular complexity index is 915. The van der Waals surface area contributed by atoms with E-state index >= 15 is 0 Å². The van der Waals surface area contributed by atoms with Crippen LogP contribution in [0.15, 0.2) is 54.6 Å². The molecule has 24 heavy (non-hydrogen) atoms. The molecule has 0 radical (unpaired) electrons. The van der Waals surface area contributed by atoms with Crippen molar-refractivity contribution in [3.05, 3.63) is 66.0 Å². The third kappa shape index (κ3) is 3.30. The van der Waals surface area contributed by atoms with Gasteiger partial charge in [-0.15, -0.1) is 0 Å². The number of carboxylic acids is 1. The number of aromatic carboxylic acids is 1. The maximum Gasteiger partial charge on any atom is 0.335 e. The number of nitrogens with two attached hydrogens (primary N) is 1. The molecule has 2 aromatic carbocycles. The third-order valence-electron chi connectivity index (χ3n) is 3.24. The van der Waals surface area contributed by atoms with E-state index in [0.717, 1.165) is 0 Å². The molecule has 3 rings (SSSR count). The van der Waals surface area contributed by atoms with E-state index in [1.54, 1.807) is 30.3 Å². The van der Waals surface area contributed by atoms with Gasteiger partial charge in [-0.25, -0.2) is 19.2 Å². The molecular weight excluding hydrogens is 311 g/mol. The quantitative estimate of drug-likeness (QED) is 0.680. The molecule has 0 saturated heterocycles. The van der Waals surface area contributed by atoms with Gasteiger partial charge in [0.2, 0.25) is 0 Å². The van der Waals surface area contributed by atoms with Gasteiger partial charge in [0.25, 0.3) is 0 Å². The number of halogens is 1. The Kier molecular flexibility index (Phi) is 4.07. The number of benzene rings is 2. The van der Waals surface area contributed by atoms with Crippen LogP contribution in [0.2, 0.25) is 0 Å². The molecule has 0 saturated carbocycles. The first-order valence-electron chi connectivity index (χ1n) is 7.03. The molecule has 1 heterocycles. The fourth-order valence-electron chi connectivity index (χ4n) is 2.17. The van der Waals surface area contributed by atoms with Gasteiger partial charge in [0.1, 0.15) is 17.5 Å². The van der Waals surface area contributed by atoms with Gasteiger partial charge in [0, 0.05) is 11.8 Å². The second-order valence-corrected chi connectivity index (χ2v) is 4.99. The standard InChI is InChI=1S/C17H13FN4O2/c18-13-7-2-1-6-12(13)16-21-14(19)9-15(22-16)20-11-5-3-4-10(8-11)17(23)24/h1-9H,(H,23,24)(H3,19,20,21,22). The molecule has 0 atom stereocenters. The number of hydrogen-bond donors (Lipinski definition) is 3. The highest BCUT2D eigenvalue weighted by atomic mass is 19.1. The second-order valence-electron chi connectivity index (χ2n) is 4.99. The third-order valence-corrected chi connectivity index (χ3v) is 3.24. The van der Waals surface area contributed by atoms with Crippen LogP contribution in [-0.4, -0.2) is 21.0 Å². The summed E-state index contributed by atoms with van der Waals surface area (Å²) >= 11 is 0. The Morgan fingerprint density at radius 3 is 2.62 bits per heavy atom. The summed E-state index contributed by atoms with van der Waals surface area (Å²) in [5, 5.41) is 12.0. The Balaban J connectivity index is 1.96. The second kappa shape index (κ2) is 6.33. The molecule has 1 aromatic heterocycles. The molecular formula is C17H13FN4O2. The fourth-order valence-corrected chi connectivity index (χ4v) is 2.17. The molecule has 0 aliphatic heterocycles. The number of nitrogens with one attached hydrogen (secondary N) is 1. The summed E-state index contributed by atoms with van der Waals surface area (Å²) in [5.74, 6) is -0.844. The van der Waals surface area contributed by atoms with E-state index in [-0.39, 0.29) is 22.8 Å². The maximum atomic E-state index is 13.9. The highest BCUT2D eigenvalue weighted by Crippen LogP contribution is 2.23. The Morgan fingerprint density at radius 2 is 1.88 bits per heavy atom. The van der Waals surface area contributed by atoms with E-state index in [9.17, 15) is 9.18 Å². The summed E-state index contributed by atoms with van der Waals surface area (Å²) in [5.41, 5.74) is 6.66. The number of hydrogen-bond acceptors (Lipinski definition) is 5. The first kappa shape index (κ1) is 15.4. The van der Waals surface area contributed by atoms with Crippen molar-refractivity contribution in [1.29, 1.82) is 0 Å². The lowest BCUT2D eigenvalue weighted by Gasteiger charge is -2.09. The van der Waals surface area contributed by atoms with Crippen molar-refractivity contribution in [3.63, 3.8) is 0 Å². The van der Waals surface area contributed by atoms with Crippen molar-refractivity contribution < 1.29 is 14.3 Å². The van der Waals surface area contributed by atoms with Gasteiger partial charge >= 0.3 is 5.97 Å². The lowest BCUT2D eigenvalue weighted by Crippen LogP contribution is -2.03. The minimum atomic E-state index is -1.03. The average Bonchev–Trinajstić information content (AvgIpc) is 2.55. The highest BCUT2D eigenvalue weighted by molar-refractivity contribution is 5.89. The minimum absolute atomic E-state index is 0.136. The van der Waals surface area contributed by atoms with Crippen LogP contribution in [-0.2, 0) is 0 Å². The van der Waals surface area contributed by atoms with Crippen LogP contribution in [0.4, 0.5) is 21.7 Å². The molecule has 120 valence electrons. The number of anilines is 3. The number of nitrogens with zero attached hydrogens (tertiary/aromatic N) is 2. The highest BCUT2D eigenvalue weighted by Gasteiger charge is 2.10. The summed E-state index contributed by atoms with van der Waals surface area (Å²) in [6, 6.07) is 13.8. The molecule has 0 bridgehead atoms. The van der Waals surface area contributed by atoms with Gasteiger partial charge in [-0.05, 0) is 30.3 Å². The van der Waals surface area contributed by atoms with Crippen LogP contribution in [0.1, 0.15) is 10.4 Å². The lowest BCUT2D eigenvalue weighted by atomic mass is 10.2. The topological polar surface area (TPSA) is 101 Å². The number of carboxylic acid groups (broad SMARTS) is 1. The van der Waals surface area contributed by atoms with Crippen molar-refractivity contribution >= 4 is 23.3 Å². The average molecular weight is 324 g/mol. The summed E-state index contributed by atoms with van der Waals surface area (Å²) in [6.45, 7) is 0. The molecule has 0 aliphatic rings. The van der Waals surface area contributed by atoms with E-state index in [1.807, 2.05) is 0 Å². The first-order chi connectivity index (χ1) is 11.5. The van der Waals surface area contributed by atoms with Gasteiger partial charge in [0.05, 0.1) is 11.1 Å². The molecule has 7 heteroatoms. The maximum absolute atomic E-state index is 13.9. The van der Waals surface area contributed by atoms with Crippen molar-refractivity contribution in [2.24, 2.45) is 0 Å². The van der Waals surface area contributed by atoms with Crippen LogP contribution in [0.25, 0.3) is 11.4 Å². The molecule has 0 amide bonds. The van der Waals surface area contributed by atoms with Crippen LogP contribution < -0.4 is 11.1 Å². The zero-order valence-corrected chi connectivity index (χ0v) is 12.4. The Morgan fingerprint density at radius 1 is 1.08 bits per heavy atom. The van der Waals surface area contributed by atoms with Crippen LogP contribution >= 0.6 is 0 Å². The number of rotatable bonds is 4. The van der Waals surface area contributed by atoms with Crippen LogP contribution in [0.3, 0.4) is 0 Å². The number of aromatic nitrogens is 2. The van der Waals surface area contributed by atoms with E-state index in [2.05, 4.69) is 15.3 Å². The molecule has 0 aliphatic carbocycles. The van der Waals surface area contributed by atoms with E-state index < -0.39 is 11.8 Å². The van der Waals surface area contributed by atoms with E-state index in [1.165, 1.54) is 24.3 Å². The minimum Gasteiger partial charge on any atom is -0.478 e. The summed E-state index contributed by atoms with van der Waals surface area (Å²) in [4.78, 5) is 19.3. The van der Waals surface area contributed by atoms with Gasteiger partial charge in [-0.2, -0.15) is 0 Å². The Labute approximate surface area is 136 Å². The molecule has 0 unspecified atom stereocenters. The molecule has 4 N–H and O–H groups in total. The lowest BCUT2D eigenvalue weighted by molar-refractivity contribution is 0.0697. The molecule has 6 nitrogen and oxygen atoms in total. The van der Waals surface area contributed by atoms with Crippen LogP contribution in [0, 0.1) is 5.82 Å². The van der Waals surface area contributed by atoms with Crippen LogP contribution in [0.5, 0.6) is 0 Å². The van der Waals surface area contributed by atoms with Gasteiger partial charge in [-0.3, -0.25) is 0 Å². The monoisotopic (exact) mass is 324 g/mol. The smallest absolute Gasteiger partial charge is 0.335 e. The van der Waals surface area contributed by atoms with E-state index in [0.29, 0.717) is 11.5 Å². The SMILES string of the molecule is Nc1cc(Nc2cccc(C(=O)O)c2)nc(-c2ccccc2F)n1. The summed E-state index contributed by atoms with van der Waals surface area (Å²) in [6.07, 6.45) is 0. The number of nitrogen functional groups attached to an aromatic ring is 1. The predicted octanol–water partition coefficient (Wildman–Crippen LogP) is 3.31. The predicted molar refractivity (Wildman–Crippen MR) is 88.5 cm³/mol. The molecule has 0 spiro atoms.